The van der Waals surface area contributed by atoms with Gasteiger partial charge in [0.2, 0.25) is 0 Å². The highest BCUT2D eigenvalue weighted by atomic mass is 16.7. The van der Waals surface area contributed by atoms with Gasteiger partial charge in [0.15, 0.2) is 5.60 Å². The second kappa shape index (κ2) is 2.87. The van der Waals surface area contributed by atoms with Gasteiger partial charge in [0, 0.05) is 12.0 Å². The zero-order valence-corrected chi connectivity index (χ0v) is 7.87. The number of hydrogen-bond acceptors (Lipinski definition) is 2. The van der Waals surface area contributed by atoms with E-state index in [0.717, 1.165) is 6.42 Å². The van der Waals surface area contributed by atoms with Crippen LogP contribution in [0.4, 0.5) is 0 Å². The van der Waals surface area contributed by atoms with Crippen LogP contribution in [-0.2, 0) is 10.4 Å². The van der Waals surface area contributed by atoms with Crippen molar-refractivity contribution in [2.75, 3.05) is 0 Å². The molecule has 1 aliphatic heterocycles. The summed E-state index contributed by atoms with van der Waals surface area (Å²) in [7, 11) is 0. The number of rotatable bonds is 1. The molecule has 0 saturated carbocycles. The van der Waals surface area contributed by atoms with Gasteiger partial charge in [-0.1, -0.05) is 29.4 Å². The zero-order chi connectivity index (χ0) is 9.31. The second-order valence-corrected chi connectivity index (χ2v) is 3.56. The SMILES string of the molecule is Cc1ccccc1C1(C)C[C]=NO1. The first-order valence-electron chi connectivity index (χ1n) is 4.39. The van der Waals surface area contributed by atoms with Gasteiger partial charge in [-0.05, 0) is 19.4 Å². The Morgan fingerprint density at radius 2 is 2.23 bits per heavy atom. The van der Waals surface area contributed by atoms with Gasteiger partial charge in [-0.2, -0.15) is 0 Å². The lowest BCUT2D eigenvalue weighted by molar-refractivity contribution is -0.00784. The van der Waals surface area contributed by atoms with Crippen molar-refractivity contribution in [3.8, 4) is 0 Å². The maximum Gasteiger partial charge on any atom is 0.165 e. The zero-order valence-electron chi connectivity index (χ0n) is 7.87. The van der Waals surface area contributed by atoms with Crippen LogP contribution in [0.3, 0.4) is 0 Å². The lowest BCUT2D eigenvalue weighted by Gasteiger charge is -2.23. The fourth-order valence-corrected chi connectivity index (χ4v) is 1.66. The van der Waals surface area contributed by atoms with Gasteiger partial charge in [-0.25, -0.2) is 0 Å². The molecule has 1 unspecified atom stereocenters. The van der Waals surface area contributed by atoms with Crippen molar-refractivity contribution in [2.45, 2.75) is 25.9 Å². The standard InChI is InChI=1S/C11H12NO/c1-9-5-3-4-6-10(9)11(2)7-8-12-13-11/h3-6H,7H2,1-2H3. The Hall–Kier alpha value is -1.31. The molecular formula is C11H12NO. The van der Waals surface area contributed by atoms with E-state index in [9.17, 15) is 0 Å². The fraction of sp³-hybridized carbons (Fsp3) is 0.364. The van der Waals surface area contributed by atoms with E-state index < -0.39 is 0 Å². The number of aryl methyl sites for hydroxylation is 1. The molecule has 0 bridgehead atoms. The molecule has 0 aliphatic carbocycles. The summed E-state index contributed by atoms with van der Waals surface area (Å²) >= 11 is 0. The van der Waals surface area contributed by atoms with Gasteiger partial charge >= 0.3 is 0 Å². The highest BCUT2D eigenvalue weighted by Gasteiger charge is 2.33. The minimum Gasteiger partial charge on any atom is -0.384 e. The van der Waals surface area contributed by atoms with Crippen LogP contribution in [0.25, 0.3) is 0 Å². The average molecular weight is 174 g/mol. The smallest absolute Gasteiger partial charge is 0.165 e. The Balaban J connectivity index is 2.40. The summed E-state index contributed by atoms with van der Waals surface area (Å²) < 4.78 is 0. The minimum atomic E-state index is -0.300. The first kappa shape index (κ1) is 8.30. The van der Waals surface area contributed by atoms with E-state index in [1.165, 1.54) is 11.1 Å². The summed E-state index contributed by atoms with van der Waals surface area (Å²) in [4.78, 5) is 5.32. The van der Waals surface area contributed by atoms with Crippen molar-refractivity contribution >= 4 is 6.21 Å². The molecule has 0 fully saturated rings. The van der Waals surface area contributed by atoms with Gasteiger partial charge in [0.25, 0.3) is 0 Å². The first-order valence-corrected chi connectivity index (χ1v) is 4.39. The molecule has 67 valence electrons. The van der Waals surface area contributed by atoms with Crippen LogP contribution < -0.4 is 0 Å². The molecule has 1 aromatic rings. The Morgan fingerprint density at radius 3 is 2.85 bits per heavy atom. The van der Waals surface area contributed by atoms with Crippen LogP contribution in [0.15, 0.2) is 29.4 Å². The molecule has 0 saturated heterocycles. The third-order valence-corrected chi connectivity index (χ3v) is 2.44. The molecule has 0 spiro atoms. The van der Waals surface area contributed by atoms with E-state index in [2.05, 4.69) is 30.4 Å². The van der Waals surface area contributed by atoms with E-state index in [1.807, 2.05) is 19.1 Å². The van der Waals surface area contributed by atoms with E-state index in [-0.39, 0.29) is 5.60 Å². The molecule has 0 N–H and O–H groups in total. The Bertz CT molecular complexity index is 336. The van der Waals surface area contributed by atoms with Crippen LogP contribution in [0.5, 0.6) is 0 Å². The lowest BCUT2D eigenvalue weighted by Crippen LogP contribution is -2.21. The van der Waals surface area contributed by atoms with Crippen molar-refractivity contribution in [3.05, 3.63) is 35.4 Å². The highest BCUT2D eigenvalue weighted by Crippen LogP contribution is 2.33. The van der Waals surface area contributed by atoms with E-state index in [4.69, 9.17) is 4.84 Å². The van der Waals surface area contributed by atoms with Gasteiger partial charge < -0.3 is 4.84 Å². The predicted molar refractivity (Wildman–Crippen MR) is 51.7 cm³/mol. The van der Waals surface area contributed by atoms with Crippen molar-refractivity contribution in [2.24, 2.45) is 5.16 Å². The van der Waals surface area contributed by atoms with E-state index in [0.29, 0.717) is 0 Å². The lowest BCUT2D eigenvalue weighted by atomic mass is 9.90. The van der Waals surface area contributed by atoms with Crippen LogP contribution in [0.2, 0.25) is 0 Å². The Labute approximate surface area is 78.2 Å². The van der Waals surface area contributed by atoms with Gasteiger partial charge in [0.1, 0.15) is 6.21 Å². The fourth-order valence-electron chi connectivity index (χ4n) is 1.66. The van der Waals surface area contributed by atoms with Gasteiger partial charge in [-0.15, -0.1) is 0 Å². The quantitative estimate of drug-likeness (QED) is 0.641. The highest BCUT2D eigenvalue weighted by molar-refractivity contribution is 5.61. The van der Waals surface area contributed by atoms with Crippen molar-refractivity contribution in [3.63, 3.8) is 0 Å². The summed E-state index contributed by atoms with van der Waals surface area (Å²) in [6, 6.07) is 8.22. The summed E-state index contributed by atoms with van der Waals surface area (Å²) in [5.74, 6) is 0. The van der Waals surface area contributed by atoms with Crippen LogP contribution in [0.1, 0.15) is 24.5 Å². The van der Waals surface area contributed by atoms with Crippen LogP contribution >= 0.6 is 0 Å². The number of hydrogen-bond donors (Lipinski definition) is 0. The van der Waals surface area contributed by atoms with Crippen molar-refractivity contribution in [1.82, 2.24) is 0 Å². The molecule has 1 aromatic carbocycles. The monoisotopic (exact) mass is 174 g/mol. The molecule has 2 heteroatoms. The van der Waals surface area contributed by atoms with E-state index >= 15 is 0 Å². The molecule has 1 radical (unpaired) electrons. The molecule has 2 nitrogen and oxygen atoms in total. The molecule has 1 atom stereocenters. The number of nitrogens with zero attached hydrogens (tertiary/aromatic N) is 1. The second-order valence-electron chi connectivity index (χ2n) is 3.56. The third kappa shape index (κ3) is 1.32. The molecule has 1 heterocycles. The van der Waals surface area contributed by atoms with Crippen LogP contribution in [-0.4, -0.2) is 6.21 Å². The summed E-state index contributed by atoms with van der Waals surface area (Å²) in [6.07, 6.45) is 3.58. The molecule has 0 aromatic heterocycles. The van der Waals surface area contributed by atoms with Gasteiger partial charge in [0.05, 0.1) is 0 Å². The summed E-state index contributed by atoms with van der Waals surface area (Å²) in [6.45, 7) is 4.13. The maximum atomic E-state index is 5.32. The summed E-state index contributed by atoms with van der Waals surface area (Å²) in [5.41, 5.74) is 2.14. The third-order valence-electron chi connectivity index (χ3n) is 2.44. The topological polar surface area (TPSA) is 21.6 Å². The molecule has 1 aliphatic rings. The molecule has 0 amide bonds. The minimum absolute atomic E-state index is 0.300. The molecular weight excluding hydrogens is 162 g/mol. The Morgan fingerprint density at radius 1 is 1.46 bits per heavy atom. The normalized spacial score (nSPS) is 26.0. The van der Waals surface area contributed by atoms with Crippen molar-refractivity contribution in [1.29, 1.82) is 0 Å². The largest absolute Gasteiger partial charge is 0.384 e. The maximum absolute atomic E-state index is 5.32. The predicted octanol–water partition coefficient (Wildman–Crippen LogP) is 2.49. The molecule has 13 heavy (non-hydrogen) atoms. The molecule has 2 rings (SSSR count). The number of benzene rings is 1. The summed E-state index contributed by atoms with van der Waals surface area (Å²) in [5, 5.41) is 3.70. The van der Waals surface area contributed by atoms with Crippen LogP contribution in [0, 0.1) is 6.92 Å². The average Bonchev–Trinajstić information content (AvgIpc) is 2.54. The van der Waals surface area contributed by atoms with E-state index in [1.54, 1.807) is 0 Å². The first-order chi connectivity index (χ1) is 6.22. The Kier molecular flexibility index (Phi) is 1.83. The van der Waals surface area contributed by atoms with Crippen molar-refractivity contribution < 1.29 is 4.84 Å². The van der Waals surface area contributed by atoms with Gasteiger partial charge in [-0.3, -0.25) is 0 Å².